The zero-order chi connectivity index (χ0) is 20.1. The maximum atomic E-state index is 11.4. The lowest BCUT2D eigenvalue weighted by molar-refractivity contribution is -0.346. The van der Waals surface area contributed by atoms with Gasteiger partial charge in [-0.15, -0.1) is 0 Å². The first kappa shape index (κ1) is 20.4. The molecule has 2 unspecified atom stereocenters. The molecule has 0 amide bonds. The standard InChI is InChI=1S/C16H24O11/c1-16(24)2-6(18)8-5(13(22)23)4-25-14(9(8)16)27-15-12(21)11(20)10(19)7(3-17)26-15/h4,6-12,14-15,17-21,24H,2-3H2,1H3,(H,22,23)/t6?,7-,8-,9+,10-,11+,12-,14?,15+,16-/m1/s1. The number of ether oxygens (including phenoxy) is 3. The lowest BCUT2D eigenvalue weighted by Gasteiger charge is -2.44. The lowest BCUT2D eigenvalue weighted by atomic mass is 9.81. The van der Waals surface area contributed by atoms with E-state index in [0.29, 0.717) is 0 Å². The van der Waals surface area contributed by atoms with Crippen LogP contribution in [-0.2, 0) is 19.0 Å². The number of rotatable bonds is 4. The minimum atomic E-state index is -1.69. The van der Waals surface area contributed by atoms with Crippen LogP contribution in [0.25, 0.3) is 0 Å². The fourth-order valence-corrected chi connectivity index (χ4v) is 4.10. The number of fused-ring (bicyclic) bond motifs is 1. The second-order valence-electron chi connectivity index (χ2n) is 7.40. The van der Waals surface area contributed by atoms with Gasteiger partial charge in [-0.3, -0.25) is 0 Å². The number of carboxylic acids is 1. The van der Waals surface area contributed by atoms with Crippen molar-refractivity contribution in [3.05, 3.63) is 11.8 Å². The highest BCUT2D eigenvalue weighted by molar-refractivity contribution is 5.87. The van der Waals surface area contributed by atoms with Crippen LogP contribution in [0, 0.1) is 11.8 Å². The van der Waals surface area contributed by atoms with E-state index in [1.807, 2.05) is 0 Å². The van der Waals surface area contributed by atoms with E-state index in [0.717, 1.165) is 6.26 Å². The molecule has 0 radical (unpaired) electrons. The van der Waals surface area contributed by atoms with Crippen LogP contribution in [0.1, 0.15) is 13.3 Å². The van der Waals surface area contributed by atoms with Gasteiger partial charge in [0.25, 0.3) is 0 Å². The van der Waals surface area contributed by atoms with Crippen molar-refractivity contribution < 1.29 is 54.8 Å². The van der Waals surface area contributed by atoms with Crippen LogP contribution >= 0.6 is 0 Å². The number of hydrogen-bond donors (Lipinski definition) is 7. The Hall–Kier alpha value is -1.31. The van der Waals surface area contributed by atoms with Crippen molar-refractivity contribution >= 4 is 5.97 Å². The number of carboxylic acid groups (broad SMARTS) is 1. The van der Waals surface area contributed by atoms with Gasteiger partial charge in [-0.05, 0) is 6.92 Å². The van der Waals surface area contributed by atoms with Crippen LogP contribution in [-0.4, -0.2) is 97.0 Å². The molecule has 11 nitrogen and oxygen atoms in total. The Morgan fingerprint density at radius 3 is 2.48 bits per heavy atom. The lowest BCUT2D eigenvalue weighted by Crippen LogP contribution is -2.60. The first-order chi connectivity index (χ1) is 12.6. The van der Waals surface area contributed by atoms with Crippen molar-refractivity contribution in [2.24, 2.45) is 11.8 Å². The summed E-state index contributed by atoms with van der Waals surface area (Å²) in [6.07, 6.45) is -9.34. The van der Waals surface area contributed by atoms with Crippen molar-refractivity contribution in [1.82, 2.24) is 0 Å². The third kappa shape index (κ3) is 3.45. The normalized spacial score (nSPS) is 49.9. The average molecular weight is 392 g/mol. The minimum Gasteiger partial charge on any atom is -0.478 e. The van der Waals surface area contributed by atoms with Crippen molar-refractivity contribution in [2.75, 3.05) is 6.61 Å². The van der Waals surface area contributed by atoms with E-state index in [1.165, 1.54) is 6.92 Å². The zero-order valence-electron chi connectivity index (χ0n) is 14.5. The number of hydrogen-bond acceptors (Lipinski definition) is 10. The van der Waals surface area contributed by atoms with Gasteiger partial charge in [0.05, 0.1) is 36.1 Å². The fraction of sp³-hybridized carbons (Fsp3) is 0.812. The van der Waals surface area contributed by atoms with Gasteiger partial charge < -0.3 is 50.0 Å². The number of aliphatic hydroxyl groups is 6. The Bertz CT molecular complexity index is 603. The summed E-state index contributed by atoms with van der Waals surface area (Å²) in [4.78, 5) is 11.4. The molecule has 1 saturated heterocycles. The summed E-state index contributed by atoms with van der Waals surface area (Å²) in [5.74, 6) is -3.30. The highest BCUT2D eigenvalue weighted by Gasteiger charge is 2.59. The van der Waals surface area contributed by atoms with Crippen LogP contribution in [0.15, 0.2) is 11.8 Å². The van der Waals surface area contributed by atoms with Crippen molar-refractivity contribution in [3.8, 4) is 0 Å². The largest absolute Gasteiger partial charge is 0.478 e. The van der Waals surface area contributed by atoms with E-state index in [-0.39, 0.29) is 12.0 Å². The van der Waals surface area contributed by atoms with E-state index >= 15 is 0 Å². The van der Waals surface area contributed by atoms with Gasteiger partial charge in [0.1, 0.15) is 24.4 Å². The summed E-state index contributed by atoms with van der Waals surface area (Å²) in [5, 5.41) is 69.2. The van der Waals surface area contributed by atoms with Gasteiger partial charge in [-0.1, -0.05) is 0 Å². The molecule has 3 rings (SSSR count). The van der Waals surface area contributed by atoms with Gasteiger partial charge in [0.15, 0.2) is 6.29 Å². The van der Waals surface area contributed by atoms with Crippen molar-refractivity contribution in [1.29, 1.82) is 0 Å². The maximum Gasteiger partial charge on any atom is 0.335 e. The molecule has 2 fully saturated rings. The predicted molar refractivity (Wildman–Crippen MR) is 83.7 cm³/mol. The predicted octanol–water partition coefficient (Wildman–Crippen LogP) is -3.12. The monoisotopic (exact) mass is 392 g/mol. The van der Waals surface area contributed by atoms with Crippen LogP contribution in [0.4, 0.5) is 0 Å². The molecule has 3 aliphatic rings. The van der Waals surface area contributed by atoms with Crippen molar-refractivity contribution in [3.63, 3.8) is 0 Å². The van der Waals surface area contributed by atoms with E-state index < -0.39 is 73.1 Å². The summed E-state index contributed by atoms with van der Waals surface area (Å²) < 4.78 is 16.1. The number of aliphatic carboxylic acids is 1. The molecule has 154 valence electrons. The molecule has 1 aliphatic carbocycles. The van der Waals surface area contributed by atoms with Gasteiger partial charge in [-0.2, -0.15) is 0 Å². The fourth-order valence-electron chi connectivity index (χ4n) is 4.10. The maximum absolute atomic E-state index is 11.4. The molecule has 10 atom stereocenters. The van der Waals surface area contributed by atoms with Gasteiger partial charge in [0, 0.05) is 12.3 Å². The third-order valence-electron chi connectivity index (χ3n) is 5.49. The molecule has 2 aliphatic heterocycles. The molecule has 11 heteroatoms. The molecule has 27 heavy (non-hydrogen) atoms. The Balaban J connectivity index is 1.85. The molecule has 2 heterocycles. The van der Waals surface area contributed by atoms with Gasteiger partial charge in [-0.25, -0.2) is 4.79 Å². The first-order valence-corrected chi connectivity index (χ1v) is 8.53. The first-order valence-electron chi connectivity index (χ1n) is 8.53. The Labute approximate surface area is 154 Å². The summed E-state index contributed by atoms with van der Waals surface area (Å²) in [6, 6.07) is 0. The molecule has 0 spiro atoms. The van der Waals surface area contributed by atoms with Gasteiger partial charge >= 0.3 is 5.97 Å². The van der Waals surface area contributed by atoms with Crippen molar-refractivity contribution in [2.45, 2.75) is 62.0 Å². The van der Waals surface area contributed by atoms with Crippen LogP contribution in [0.3, 0.4) is 0 Å². The Kier molecular flexibility index (Phi) is 5.49. The Morgan fingerprint density at radius 1 is 1.22 bits per heavy atom. The smallest absolute Gasteiger partial charge is 0.335 e. The average Bonchev–Trinajstić information content (AvgIpc) is 2.85. The highest BCUT2D eigenvalue weighted by atomic mass is 16.8. The van der Waals surface area contributed by atoms with Crippen LogP contribution in [0.5, 0.6) is 0 Å². The summed E-state index contributed by atoms with van der Waals surface area (Å²) in [6.45, 7) is 0.751. The van der Waals surface area contributed by atoms with E-state index in [9.17, 15) is 40.5 Å². The molecule has 0 aromatic carbocycles. The molecular weight excluding hydrogens is 368 g/mol. The molecule has 0 bridgehead atoms. The van der Waals surface area contributed by atoms with Crippen LogP contribution in [0.2, 0.25) is 0 Å². The second-order valence-corrected chi connectivity index (χ2v) is 7.40. The van der Waals surface area contributed by atoms with E-state index in [1.54, 1.807) is 0 Å². The SMILES string of the molecule is C[C@@]1(O)CC(O)[C@H]2C(C(=O)O)=COC(O[C@@H]3O[C@H](CO)[C@@H](O)[C@H](O)[C@H]3O)[C@H]21. The molecule has 0 aromatic rings. The topological polar surface area (TPSA) is 186 Å². The molecule has 0 aromatic heterocycles. The highest BCUT2D eigenvalue weighted by Crippen LogP contribution is 2.49. The summed E-state index contributed by atoms with van der Waals surface area (Å²) in [7, 11) is 0. The third-order valence-corrected chi connectivity index (χ3v) is 5.49. The second kappa shape index (κ2) is 7.26. The van der Waals surface area contributed by atoms with E-state index in [4.69, 9.17) is 14.2 Å². The number of carbonyl (C=O) groups is 1. The summed E-state index contributed by atoms with van der Waals surface area (Å²) in [5.41, 5.74) is -1.77. The molecule has 7 N–H and O–H groups in total. The van der Waals surface area contributed by atoms with E-state index in [2.05, 4.69) is 0 Å². The molecular formula is C16H24O11. The number of aliphatic hydroxyl groups excluding tert-OH is 5. The Morgan fingerprint density at radius 2 is 1.89 bits per heavy atom. The van der Waals surface area contributed by atoms with Gasteiger partial charge in [0.2, 0.25) is 6.29 Å². The van der Waals surface area contributed by atoms with Crippen LogP contribution < -0.4 is 0 Å². The molecule has 1 saturated carbocycles. The quantitative estimate of drug-likeness (QED) is 0.256. The summed E-state index contributed by atoms with van der Waals surface area (Å²) >= 11 is 0. The zero-order valence-corrected chi connectivity index (χ0v) is 14.5. The minimum absolute atomic E-state index is 0.120.